The summed E-state index contributed by atoms with van der Waals surface area (Å²) in [5, 5.41) is 13.3. The first-order chi connectivity index (χ1) is 7.82. The number of amides is 1. The summed E-state index contributed by atoms with van der Waals surface area (Å²) in [5.74, 6) is -0.318. The SMILES string of the molecule is Cc1cc([N+](=O)[O-])c(C)cc1NC(=O)[C@H](C)N. The van der Waals surface area contributed by atoms with Gasteiger partial charge >= 0.3 is 0 Å². The molecule has 0 aliphatic rings. The summed E-state index contributed by atoms with van der Waals surface area (Å²) in [4.78, 5) is 21.7. The van der Waals surface area contributed by atoms with Crippen LogP contribution in [0.3, 0.4) is 0 Å². The maximum atomic E-state index is 11.4. The van der Waals surface area contributed by atoms with E-state index in [4.69, 9.17) is 5.73 Å². The Hall–Kier alpha value is -1.95. The Morgan fingerprint density at radius 1 is 1.41 bits per heavy atom. The van der Waals surface area contributed by atoms with E-state index < -0.39 is 11.0 Å². The summed E-state index contributed by atoms with van der Waals surface area (Å²) in [6, 6.07) is 2.39. The van der Waals surface area contributed by atoms with Gasteiger partial charge in [0, 0.05) is 17.3 Å². The second kappa shape index (κ2) is 4.92. The molecule has 0 bridgehead atoms. The molecule has 0 aliphatic carbocycles. The van der Waals surface area contributed by atoms with Gasteiger partial charge in [0.15, 0.2) is 0 Å². The zero-order valence-corrected chi connectivity index (χ0v) is 9.98. The van der Waals surface area contributed by atoms with Gasteiger partial charge in [0.25, 0.3) is 5.69 Å². The Bertz CT molecular complexity index is 469. The van der Waals surface area contributed by atoms with E-state index in [0.717, 1.165) is 0 Å². The molecule has 1 rings (SSSR count). The molecule has 0 saturated heterocycles. The van der Waals surface area contributed by atoms with Crippen LogP contribution < -0.4 is 11.1 Å². The van der Waals surface area contributed by atoms with Gasteiger partial charge in [-0.3, -0.25) is 14.9 Å². The fourth-order valence-corrected chi connectivity index (χ4v) is 1.38. The number of hydrogen-bond donors (Lipinski definition) is 2. The molecule has 17 heavy (non-hydrogen) atoms. The molecule has 0 fully saturated rings. The summed E-state index contributed by atoms with van der Waals surface area (Å²) < 4.78 is 0. The first-order valence-corrected chi connectivity index (χ1v) is 5.15. The molecule has 3 N–H and O–H groups in total. The third-order valence-electron chi connectivity index (χ3n) is 2.41. The van der Waals surface area contributed by atoms with E-state index in [1.54, 1.807) is 26.8 Å². The van der Waals surface area contributed by atoms with E-state index in [9.17, 15) is 14.9 Å². The van der Waals surface area contributed by atoms with Crippen molar-refractivity contribution in [3.05, 3.63) is 33.4 Å². The van der Waals surface area contributed by atoms with Crippen molar-refractivity contribution in [3.63, 3.8) is 0 Å². The van der Waals surface area contributed by atoms with E-state index in [2.05, 4.69) is 5.32 Å². The van der Waals surface area contributed by atoms with Crippen molar-refractivity contribution in [1.29, 1.82) is 0 Å². The van der Waals surface area contributed by atoms with Crippen LogP contribution in [0.15, 0.2) is 12.1 Å². The molecule has 1 atom stereocenters. The highest BCUT2D eigenvalue weighted by atomic mass is 16.6. The molecule has 6 nitrogen and oxygen atoms in total. The zero-order chi connectivity index (χ0) is 13.2. The minimum Gasteiger partial charge on any atom is -0.324 e. The van der Waals surface area contributed by atoms with Gasteiger partial charge in [0.2, 0.25) is 5.91 Å². The van der Waals surface area contributed by atoms with Crippen LogP contribution in [0.5, 0.6) is 0 Å². The highest BCUT2D eigenvalue weighted by Gasteiger charge is 2.15. The van der Waals surface area contributed by atoms with Crippen LogP contribution in [0.1, 0.15) is 18.1 Å². The number of carbonyl (C=O) groups excluding carboxylic acids is 1. The Balaban J connectivity index is 3.08. The topological polar surface area (TPSA) is 98.3 Å². The summed E-state index contributed by atoms with van der Waals surface area (Å²) in [7, 11) is 0. The number of nitrogens with two attached hydrogens (primary N) is 1. The van der Waals surface area contributed by atoms with Crippen molar-refractivity contribution < 1.29 is 9.72 Å². The molecular weight excluding hydrogens is 222 g/mol. The summed E-state index contributed by atoms with van der Waals surface area (Å²) >= 11 is 0. The third kappa shape index (κ3) is 3.01. The van der Waals surface area contributed by atoms with Gasteiger partial charge in [-0.1, -0.05) is 0 Å². The number of carbonyl (C=O) groups is 1. The van der Waals surface area contributed by atoms with Crippen LogP contribution in [0, 0.1) is 24.0 Å². The van der Waals surface area contributed by atoms with Crippen molar-refractivity contribution in [1.82, 2.24) is 0 Å². The highest BCUT2D eigenvalue weighted by molar-refractivity contribution is 5.95. The Morgan fingerprint density at radius 3 is 2.47 bits per heavy atom. The van der Waals surface area contributed by atoms with Crippen LogP contribution >= 0.6 is 0 Å². The van der Waals surface area contributed by atoms with E-state index in [0.29, 0.717) is 16.8 Å². The summed E-state index contributed by atoms with van der Waals surface area (Å²) in [6.45, 7) is 4.89. The molecule has 1 aromatic carbocycles. The highest BCUT2D eigenvalue weighted by Crippen LogP contribution is 2.25. The molecular formula is C11H15N3O3. The van der Waals surface area contributed by atoms with Crippen molar-refractivity contribution in [2.75, 3.05) is 5.32 Å². The van der Waals surface area contributed by atoms with Gasteiger partial charge < -0.3 is 11.1 Å². The predicted molar refractivity (Wildman–Crippen MR) is 64.8 cm³/mol. The first kappa shape index (κ1) is 13.1. The number of nitro groups is 1. The van der Waals surface area contributed by atoms with E-state index in [-0.39, 0.29) is 11.6 Å². The Labute approximate surface area is 99.0 Å². The van der Waals surface area contributed by atoms with Crippen LogP contribution in [0.25, 0.3) is 0 Å². The molecule has 0 unspecified atom stereocenters. The van der Waals surface area contributed by atoms with Gasteiger partial charge in [0.05, 0.1) is 11.0 Å². The van der Waals surface area contributed by atoms with Gasteiger partial charge in [-0.25, -0.2) is 0 Å². The van der Waals surface area contributed by atoms with E-state index in [1.165, 1.54) is 6.07 Å². The van der Waals surface area contributed by atoms with Crippen molar-refractivity contribution in [3.8, 4) is 0 Å². The third-order valence-corrected chi connectivity index (χ3v) is 2.41. The fourth-order valence-electron chi connectivity index (χ4n) is 1.38. The number of benzene rings is 1. The van der Waals surface area contributed by atoms with Crippen LogP contribution in [-0.2, 0) is 4.79 Å². The lowest BCUT2D eigenvalue weighted by Gasteiger charge is -2.11. The second-order valence-corrected chi connectivity index (χ2v) is 3.99. The molecule has 0 spiro atoms. The molecule has 0 aliphatic heterocycles. The predicted octanol–water partition coefficient (Wildman–Crippen LogP) is 1.50. The standard InChI is InChI=1S/C11H15N3O3/c1-6-5-10(14(16)17)7(2)4-9(6)13-11(15)8(3)12/h4-5,8H,12H2,1-3H3,(H,13,15)/t8-/m0/s1. The average Bonchev–Trinajstić information content (AvgIpc) is 2.22. The number of anilines is 1. The van der Waals surface area contributed by atoms with Gasteiger partial charge in [-0.2, -0.15) is 0 Å². The number of nitrogens with zero attached hydrogens (tertiary/aromatic N) is 1. The lowest BCUT2D eigenvalue weighted by Crippen LogP contribution is -2.32. The average molecular weight is 237 g/mol. The molecule has 0 saturated carbocycles. The lowest BCUT2D eigenvalue weighted by molar-refractivity contribution is -0.385. The molecule has 0 radical (unpaired) electrons. The quantitative estimate of drug-likeness (QED) is 0.614. The van der Waals surface area contributed by atoms with Crippen LogP contribution in [0.4, 0.5) is 11.4 Å². The fraction of sp³-hybridized carbons (Fsp3) is 0.364. The monoisotopic (exact) mass is 237 g/mol. The van der Waals surface area contributed by atoms with Crippen molar-refractivity contribution in [2.45, 2.75) is 26.8 Å². The summed E-state index contributed by atoms with van der Waals surface area (Å²) in [6.07, 6.45) is 0. The van der Waals surface area contributed by atoms with Gasteiger partial charge in [0.1, 0.15) is 0 Å². The van der Waals surface area contributed by atoms with Gasteiger partial charge in [-0.15, -0.1) is 0 Å². The lowest BCUT2D eigenvalue weighted by atomic mass is 10.1. The van der Waals surface area contributed by atoms with E-state index in [1.807, 2.05) is 0 Å². The normalized spacial score (nSPS) is 12.0. The Kier molecular flexibility index (Phi) is 3.80. The maximum Gasteiger partial charge on any atom is 0.272 e. The molecule has 1 amide bonds. The number of nitro benzene ring substituents is 1. The molecule has 92 valence electrons. The Morgan fingerprint density at radius 2 is 2.00 bits per heavy atom. The van der Waals surface area contributed by atoms with Crippen molar-refractivity contribution in [2.24, 2.45) is 5.73 Å². The smallest absolute Gasteiger partial charge is 0.272 e. The van der Waals surface area contributed by atoms with Crippen LogP contribution in [0.2, 0.25) is 0 Å². The molecule has 6 heteroatoms. The van der Waals surface area contributed by atoms with Crippen molar-refractivity contribution >= 4 is 17.3 Å². The minimum atomic E-state index is -0.620. The number of hydrogen-bond acceptors (Lipinski definition) is 4. The number of nitrogens with one attached hydrogen (secondary N) is 1. The zero-order valence-electron chi connectivity index (χ0n) is 9.98. The largest absolute Gasteiger partial charge is 0.324 e. The molecule has 0 heterocycles. The minimum absolute atomic E-state index is 0.0429. The second-order valence-electron chi connectivity index (χ2n) is 3.99. The first-order valence-electron chi connectivity index (χ1n) is 5.15. The molecule has 1 aromatic rings. The number of rotatable bonds is 3. The maximum absolute atomic E-state index is 11.4. The summed E-state index contributed by atoms with van der Waals surface area (Å²) in [5.41, 5.74) is 7.16. The van der Waals surface area contributed by atoms with Gasteiger partial charge in [-0.05, 0) is 32.4 Å². The van der Waals surface area contributed by atoms with Crippen LogP contribution in [-0.4, -0.2) is 16.9 Å². The van der Waals surface area contributed by atoms with E-state index >= 15 is 0 Å². The molecule has 0 aromatic heterocycles. The number of aryl methyl sites for hydroxylation is 2.